The molecular weight excluding hydrogens is 472 g/mol. The van der Waals surface area contributed by atoms with Crippen LogP contribution < -0.4 is 10.6 Å². The molecule has 32 heavy (non-hydrogen) atoms. The summed E-state index contributed by atoms with van der Waals surface area (Å²) < 4.78 is 5.78. The third kappa shape index (κ3) is 6.42. The average molecular weight is 497 g/mol. The molecule has 0 bridgehead atoms. The summed E-state index contributed by atoms with van der Waals surface area (Å²) in [5.74, 6) is -1.25. The van der Waals surface area contributed by atoms with Gasteiger partial charge >= 0.3 is 5.97 Å². The highest BCUT2D eigenvalue weighted by atomic mass is 79.9. The number of hydrogen-bond donors (Lipinski definition) is 3. The molecule has 0 aliphatic carbocycles. The number of nitrogens with one attached hydrogen (secondary N) is 2. The van der Waals surface area contributed by atoms with Crippen LogP contribution >= 0.6 is 15.9 Å². The molecule has 6 nitrogen and oxygen atoms in total. The van der Waals surface area contributed by atoms with E-state index in [2.05, 4.69) is 26.6 Å². The predicted molar refractivity (Wildman–Crippen MR) is 127 cm³/mol. The van der Waals surface area contributed by atoms with E-state index in [0.717, 1.165) is 21.3 Å². The lowest BCUT2D eigenvalue weighted by molar-refractivity contribution is -0.146. The lowest BCUT2D eigenvalue weighted by Crippen LogP contribution is -2.49. The number of benzene rings is 3. The summed E-state index contributed by atoms with van der Waals surface area (Å²) in [5.41, 5.74) is 2.34. The van der Waals surface area contributed by atoms with E-state index in [4.69, 9.17) is 4.74 Å². The predicted octanol–water partition coefficient (Wildman–Crippen LogP) is 3.86. The minimum absolute atomic E-state index is 0.252. The van der Waals surface area contributed by atoms with Gasteiger partial charge in [0.05, 0.1) is 13.2 Å². The van der Waals surface area contributed by atoms with E-state index in [1.54, 1.807) is 0 Å². The number of rotatable bonds is 9. The summed E-state index contributed by atoms with van der Waals surface area (Å²) in [6.07, 6.45) is -1.20. The quantitative estimate of drug-likeness (QED) is 0.391. The highest BCUT2D eigenvalue weighted by Crippen LogP contribution is 2.24. The zero-order valence-corrected chi connectivity index (χ0v) is 19.2. The second-order valence-corrected chi connectivity index (χ2v) is 8.17. The van der Waals surface area contributed by atoms with Gasteiger partial charge in [0.15, 0.2) is 6.10 Å². The van der Waals surface area contributed by atoms with E-state index < -0.39 is 30.1 Å². The van der Waals surface area contributed by atoms with Crippen LogP contribution in [0.2, 0.25) is 0 Å². The lowest BCUT2D eigenvalue weighted by Gasteiger charge is -2.26. The van der Waals surface area contributed by atoms with Crippen LogP contribution in [0.25, 0.3) is 0 Å². The summed E-state index contributed by atoms with van der Waals surface area (Å²) in [5, 5.41) is 16.9. The maximum atomic E-state index is 13.0. The highest BCUT2D eigenvalue weighted by molar-refractivity contribution is 9.10. The Labute approximate surface area is 195 Å². The van der Waals surface area contributed by atoms with Gasteiger partial charge in [0, 0.05) is 16.6 Å². The molecule has 166 valence electrons. The molecule has 0 radical (unpaired) electrons. The van der Waals surface area contributed by atoms with Crippen molar-refractivity contribution in [2.45, 2.75) is 24.6 Å². The Hall–Kier alpha value is -3.16. The SMILES string of the molecule is COC(=O)[C@H](Cc1ccccc1)NC(=O)[C@@H](O)[C@H](Nc1ccc(Br)cc1)c1ccccc1. The van der Waals surface area contributed by atoms with Crippen molar-refractivity contribution in [1.29, 1.82) is 0 Å². The third-order valence-electron chi connectivity index (χ3n) is 4.99. The minimum Gasteiger partial charge on any atom is -0.467 e. The van der Waals surface area contributed by atoms with Gasteiger partial charge in [0.25, 0.3) is 5.91 Å². The monoisotopic (exact) mass is 496 g/mol. The number of halogens is 1. The Balaban J connectivity index is 1.80. The maximum absolute atomic E-state index is 13.0. The molecule has 0 saturated carbocycles. The maximum Gasteiger partial charge on any atom is 0.328 e. The van der Waals surface area contributed by atoms with E-state index in [0.29, 0.717) is 0 Å². The van der Waals surface area contributed by atoms with Crippen molar-refractivity contribution in [3.8, 4) is 0 Å². The molecule has 0 heterocycles. The molecule has 0 fully saturated rings. The number of hydrogen-bond acceptors (Lipinski definition) is 5. The van der Waals surface area contributed by atoms with Crippen molar-refractivity contribution >= 4 is 33.5 Å². The van der Waals surface area contributed by atoms with Gasteiger partial charge in [0.2, 0.25) is 0 Å². The van der Waals surface area contributed by atoms with Gasteiger partial charge < -0.3 is 20.5 Å². The summed E-state index contributed by atoms with van der Waals surface area (Å²) in [7, 11) is 1.27. The largest absolute Gasteiger partial charge is 0.467 e. The van der Waals surface area contributed by atoms with Crippen LogP contribution in [0.5, 0.6) is 0 Å². The van der Waals surface area contributed by atoms with Crippen LogP contribution in [0, 0.1) is 0 Å². The van der Waals surface area contributed by atoms with E-state index in [1.807, 2.05) is 84.9 Å². The number of methoxy groups -OCH3 is 1. The third-order valence-corrected chi connectivity index (χ3v) is 5.52. The number of amides is 1. The van der Waals surface area contributed by atoms with Gasteiger partial charge in [-0.15, -0.1) is 0 Å². The molecule has 0 saturated heterocycles. The summed E-state index contributed by atoms with van der Waals surface area (Å²) in [6.45, 7) is 0. The van der Waals surface area contributed by atoms with Crippen molar-refractivity contribution in [2.24, 2.45) is 0 Å². The van der Waals surface area contributed by atoms with Crippen molar-refractivity contribution in [3.05, 3.63) is 101 Å². The molecule has 3 aromatic rings. The second-order valence-electron chi connectivity index (χ2n) is 7.26. The van der Waals surface area contributed by atoms with Gasteiger partial charge in [-0.3, -0.25) is 4.79 Å². The van der Waals surface area contributed by atoms with Crippen molar-refractivity contribution in [1.82, 2.24) is 5.32 Å². The molecule has 0 unspecified atom stereocenters. The smallest absolute Gasteiger partial charge is 0.328 e. The summed E-state index contributed by atoms with van der Waals surface area (Å²) >= 11 is 3.40. The highest BCUT2D eigenvalue weighted by Gasteiger charge is 2.31. The Bertz CT molecular complexity index is 1010. The summed E-state index contributed by atoms with van der Waals surface area (Å²) in [4.78, 5) is 25.3. The number of anilines is 1. The Morgan fingerprint density at radius 2 is 1.53 bits per heavy atom. The number of aliphatic hydroxyl groups excluding tert-OH is 1. The zero-order valence-electron chi connectivity index (χ0n) is 17.6. The standard InChI is InChI=1S/C25H25BrN2O4/c1-32-25(31)21(16-17-8-4-2-5-9-17)28-24(30)23(29)22(18-10-6-3-7-11-18)27-20-14-12-19(26)13-15-20/h2-15,21-23,27,29H,16H2,1H3,(H,28,30)/t21-,22+,23-/m0/s1. The van der Waals surface area contributed by atoms with Gasteiger partial charge in [0.1, 0.15) is 6.04 Å². The number of carbonyl (C=O) groups is 2. The van der Waals surface area contributed by atoms with Gasteiger partial charge in [-0.2, -0.15) is 0 Å². The summed E-state index contributed by atoms with van der Waals surface area (Å²) in [6, 6.07) is 24.3. The molecule has 3 aromatic carbocycles. The van der Waals surface area contributed by atoms with Crippen molar-refractivity contribution in [3.63, 3.8) is 0 Å². The molecule has 0 spiro atoms. The zero-order chi connectivity index (χ0) is 22.9. The Morgan fingerprint density at radius 3 is 2.12 bits per heavy atom. The minimum atomic E-state index is -1.45. The lowest BCUT2D eigenvalue weighted by atomic mass is 9.99. The Kier molecular flexibility index (Phi) is 8.41. The fraction of sp³-hybridized carbons (Fsp3) is 0.200. The number of aliphatic hydroxyl groups is 1. The molecule has 0 aliphatic heterocycles. The van der Waals surface area contributed by atoms with Gasteiger partial charge in [-0.05, 0) is 35.4 Å². The van der Waals surface area contributed by atoms with E-state index in [9.17, 15) is 14.7 Å². The van der Waals surface area contributed by atoms with Crippen LogP contribution in [0.4, 0.5) is 5.69 Å². The first kappa shape index (κ1) is 23.5. The fourth-order valence-electron chi connectivity index (χ4n) is 3.32. The van der Waals surface area contributed by atoms with Crippen molar-refractivity contribution < 1.29 is 19.4 Å². The van der Waals surface area contributed by atoms with Crippen LogP contribution in [-0.4, -0.2) is 36.2 Å². The Morgan fingerprint density at radius 1 is 0.938 bits per heavy atom. The molecule has 1 amide bonds. The van der Waals surface area contributed by atoms with Crippen LogP contribution in [0.3, 0.4) is 0 Å². The first-order valence-electron chi connectivity index (χ1n) is 10.1. The molecule has 0 aliphatic rings. The number of carbonyl (C=O) groups excluding carboxylic acids is 2. The molecule has 7 heteroatoms. The first-order valence-corrected chi connectivity index (χ1v) is 10.9. The average Bonchev–Trinajstić information content (AvgIpc) is 2.83. The van der Waals surface area contributed by atoms with E-state index >= 15 is 0 Å². The number of ether oxygens (including phenoxy) is 1. The van der Waals surface area contributed by atoms with E-state index in [1.165, 1.54) is 7.11 Å². The molecular formula is C25H25BrN2O4. The van der Waals surface area contributed by atoms with Crippen LogP contribution in [0.1, 0.15) is 17.2 Å². The second kappa shape index (κ2) is 11.5. The normalized spacial score (nSPS) is 13.5. The van der Waals surface area contributed by atoms with Crippen molar-refractivity contribution in [2.75, 3.05) is 12.4 Å². The first-order chi connectivity index (χ1) is 15.5. The topological polar surface area (TPSA) is 87.7 Å². The molecule has 3 N–H and O–H groups in total. The molecule has 0 aromatic heterocycles. The van der Waals surface area contributed by atoms with E-state index in [-0.39, 0.29) is 6.42 Å². The molecule has 3 rings (SSSR count). The van der Waals surface area contributed by atoms with Gasteiger partial charge in [-0.1, -0.05) is 76.6 Å². The van der Waals surface area contributed by atoms with Crippen LogP contribution in [0.15, 0.2) is 89.4 Å². The fourth-order valence-corrected chi connectivity index (χ4v) is 3.59. The molecule has 3 atom stereocenters. The van der Waals surface area contributed by atoms with Crippen LogP contribution in [-0.2, 0) is 20.7 Å². The number of esters is 1. The van der Waals surface area contributed by atoms with Gasteiger partial charge in [-0.25, -0.2) is 4.79 Å².